The van der Waals surface area contributed by atoms with E-state index in [2.05, 4.69) is 70.0 Å². The number of nitrogens with zero attached hydrogens (tertiary/aromatic N) is 4. The van der Waals surface area contributed by atoms with Crippen molar-refractivity contribution in [3.63, 3.8) is 0 Å². The monoisotopic (exact) mass is 470 g/mol. The molecule has 1 amide bonds. The van der Waals surface area contributed by atoms with Crippen LogP contribution in [0.15, 0.2) is 73.3 Å². The zero-order valence-corrected chi connectivity index (χ0v) is 20.2. The first-order valence-corrected chi connectivity index (χ1v) is 11.8. The average molecular weight is 471 g/mol. The maximum atomic E-state index is 13.5. The van der Waals surface area contributed by atoms with E-state index in [1.54, 1.807) is 18.7 Å². The van der Waals surface area contributed by atoms with Crippen molar-refractivity contribution in [2.24, 2.45) is 0 Å². The molecule has 1 aliphatic rings. The summed E-state index contributed by atoms with van der Waals surface area (Å²) in [7, 11) is 0. The third-order valence-electron chi connectivity index (χ3n) is 6.14. The molecular weight excluding hydrogens is 440 g/mol. The van der Waals surface area contributed by atoms with Crippen molar-refractivity contribution >= 4 is 11.9 Å². The number of hydrogen-bond donors (Lipinski definition) is 0. The van der Waals surface area contributed by atoms with Gasteiger partial charge in [0.05, 0.1) is 11.7 Å². The van der Waals surface area contributed by atoms with Crippen molar-refractivity contribution in [3.8, 4) is 0 Å². The van der Waals surface area contributed by atoms with Crippen LogP contribution >= 0.6 is 0 Å². The van der Waals surface area contributed by atoms with E-state index in [0.717, 1.165) is 0 Å². The van der Waals surface area contributed by atoms with Gasteiger partial charge in [-0.15, -0.1) is 0 Å². The lowest BCUT2D eigenvalue weighted by Gasteiger charge is -2.39. The van der Waals surface area contributed by atoms with Crippen LogP contribution in [0.1, 0.15) is 49.5 Å². The van der Waals surface area contributed by atoms with E-state index < -0.39 is 5.97 Å². The Kier molecular flexibility index (Phi) is 7.67. The molecule has 2 aromatic carbocycles. The topological polar surface area (TPSA) is 75.6 Å². The van der Waals surface area contributed by atoms with Gasteiger partial charge in [-0.2, -0.15) is 0 Å². The molecule has 7 nitrogen and oxygen atoms in total. The summed E-state index contributed by atoms with van der Waals surface area (Å²) in [5.41, 5.74) is 3.08. The highest BCUT2D eigenvalue weighted by Gasteiger charge is 2.32. The number of aryl methyl sites for hydroxylation is 2. The lowest BCUT2D eigenvalue weighted by Crippen LogP contribution is -2.50. The number of esters is 1. The molecule has 0 atom stereocenters. The summed E-state index contributed by atoms with van der Waals surface area (Å²) in [5, 5.41) is 0. The van der Waals surface area contributed by atoms with Crippen LogP contribution in [0.4, 0.5) is 0 Å². The summed E-state index contributed by atoms with van der Waals surface area (Å²) < 4.78 is 5.21. The molecule has 180 valence electrons. The van der Waals surface area contributed by atoms with Gasteiger partial charge in [0, 0.05) is 26.2 Å². The predicted molar refractivity (Wildman–Crippen MR) is 134 cm³/mol. The van der Waals surface area contributed by atoms with Crippen LogP contribution in [-0.2, 0) is 4.74 Å². The number of aromatic nitrogens is 2. The van der Waals surface area contributed by atoms with Crippen LogP contribution in [-0.4, -0.2) is 64.4 Å². The molecule has 4 rings (SSSR count). The molecule has 35 heavy (non-hydrogen) atoms. The van der Waals surface area contributed by atoms with Crippen molar-refractivity contribution in [2.45, 2.75) is 19.9 Å². The fourth-order valence-electron chi connectivity index (χ4n) is 4.54. The number of benzene rings is 2. The highest BCUT2D eigenvalue weighted by atomic mass is 16.5. The maximum absolute atomic E-state index is 13.5. The first-order chi connectivity index (χ1) is 17.0. The van der Waals surface area contributed by atoms with Crippen LogP contribution in [0, 0.1) is 13.8 Å². The van der Waals surface area contributed by atoms with Gasteiger partial charge in [-0.3, -0.25) is 9.69 Å². The number of rotatable bonds is 7. The van der Waals surface area contributed by atoms with Gasteiger partial charge in [0.15, 0.2) is 0 Å². The molecule has 1 fully saturated rings. The van der Waals surface area contributed by atoms with Crippen molar-refractivity contribution in [2.75, 3.05) is 32.8 Å². The predicted octanol–water partition coefficient (Wildman–Crippen LogP) is 3.98. The van der Waals surface area contributed by atoms with Crippen LogP contribution in [0.25, 0.3) is 0 Å². The summed E-state index contributed by atoms with van der Waals surface area (Å²) in [4.78, 5) is 39.0. The second kappa shape index (κ2) is 11.1. The summed E-state index contributed by atoms with van der Waals surface area (Å²) in [5.74, 6) is -0.449. The average Bonchev–Trinajstić information content (AvgIpc) is 2.88. The van der Waals surface area contributed by atoms with Gasteiger partial charge >= 0.3 is 5.97 Å². The Balaban J connectivity index is 1.55. The Bertz CT molecular complexity index is 1150. The molecule has 0 aliphatic carbocycles. The van der Waals surface area contributed by atoms with Gasteiger partial charge in [-0.1, -0.05) is 73.3 Å². The molecule has 0 N–H and O–H groups in total. The molecule has 0 unspecified atom stereocenters. The Hall–Kier alpha value is -3.84. The minimum Gasteiger partial charge on any atom is -0.458 e. The SMILES string of the molecule is C=CCOC(=O)c1c(C)nc(C)nc1C(=O)N1CCN(C(c2ccccc2)c2ccccc2)CC1. The molecular formula is C28H30N4O3. The molecule has 2 heterocycles. The smallest absolute Gasteiger partial charge is 0.342 e. The molecule has 3 aromatic rings. The highest BCUT2D eigenvalue weighted by Crippen LogP contribution is 2.29. The molecule has 1 saturated heterocycles. The quantitative estimate of drug-likeness (QED) is 0.384. The number of carbonyl (C=O) groups is 2. The molecule has 0 bridgehead atoms. The summed E-state index contributed by atoms with van der Waals surface area (Å²) >= 11 is 0. The second-order valence-corrected chi connectivity index (χ2v) is 8.52. The Labute approximate surface area is 206 Å². The zero-order valence-electron chi connectivity index (χ0n) is 20.2. The van der Waals surface area contributed by atoms with Crippen LogP contribution in [0.2, 0.25) is 0 Å². The van der Waals surface area contributed by atoms with E-state index in [-0.39, 0.29) is 29.8 Å². The Morgan fingerprint density at radius 3 is 2.06 bits per heavy atom. The number of carbonyl (C=O) groups excluding carboxylic acids is 2. The molecule has 0 saturated carbocycles. The minimum atomic E-state index is -0.613. The fraction of sp³-hybridized carbons (Fsp3) is 0.286. The van der Waals surface area contributed by atoms with Crippen LogP contribution < -0.4 is 0 Å². The van der Waals surface area contributed by atoms with Gasteiger partial charge in [0.2, 0.25) is 0 Å². The number of piperazine rings is 1. The first kappa shape index (κ1) is 24.3. The van der Waals surface area contributed by atoms with Crippen molar-refractivity contribution in [3.05, 3.63) is 107 Å². The van der Waals surface area contributed by atoms with Gasteiger partial charge < -0.3 is 9.64 Å². The van der Waals surface area contributed by atoms with Gasteiger partial charge in [0.1, 0.15) is 23.7 Å². The lowest BCUT2D eigenvalue weighted by molar-refractivity contribution is 0.0520. The van der Waals surface area contributed by atoms with E-state index in [4.69, 9.17) is 4.74 Å². The van der Waals surface area contributed by atoms with Gasteiger partial charge in [0.25, 0.3) is 5.91 Å². The van der Waals surface area contributed by atoms with Gasteiger partial charge in [-0.05, 0) is 25.0 Å². The summed E-state index contributed by atoms with van der Waals surface area (Å²) in [6, 6.07) is 20.9. The molecule has 1 aromatic heterocycles. The second-order valence-electron chi connectivity index (χ2n) is 8.52. The molecule has 0 radical (unpaired) electrons. The first-order valence-electron chi connectivity index (χ1n) is 11.8. The molecule has 1 aliphatic heterocycles. The van der Waals surface area contributed by atoms with Gasteiger partial charge in [-0.25, -0.2) is 14.8 Å². The molecule has 7 heteroatoms. The van der Waals surface area contributed by atoms with E-state index in [1.807, 2.05) is 12.1 Å². The van der Waals surface area contributed by atoms with Crippen LogP contribution in [0.5, 0.6) is 0 Å². The standard InChI is InChI=1S/C28H30N4O3/c1-4-19-35-28(34)24-20(2)29-21(3)30-25(24)27(33)32-17-15-31(16-18-32)26(22-11-7-5-8-12-22)23-13-9-6-10-14-23/h4-14,26H,1,15-19H2,2-3H3. The largest absolute Gasteiger partial charge is 0.458 e. The normalized spacial score (nSPS) is 14.1. The summed E-state index contributed by atoms with van der Waals surface area (Å²) in [6.07, 6.45) is 1.49. The van der Waals surface area contributed by atoms with Crippen molar-refractivity contribution in [1.29, 1.82) is 0 Å². The Morgan fingerprint density at radius 2 is 1.51 bits per heavy atom. The third-order valence-corrected chi connectivity index (χ3v) is 6.14. The van der Waals surface area contributed by atoms with Crippen molar-refractivity contribution in [1.82, 2.24) is 19.8 Å². The van der Waals surface area contributed by atoms with Crippen LogP contribution in [0.3, 0.4) is 0 Å². The number of amides is 1. The molecule has 0 spiro atoms. The maximum Gasteiger partial charge on any atom is 0.342 e. The Morgan fingerprint density at radius 1 is 0.943 bits per heavy atom. The van der Waals surface area contributed by atoms with Crippen molar-refractivity contribution < 1.29 is 14.3 Å². The highest BCUT2D eigenvalue weighted by molar-refractivity contribution is 6.04. The van der Waals surface area contributed by atoms with E-state index in [1.165, 1.54) is 17.2 Å². The zero-order chi connectivity index (χ0) is 24.8. The van der Waals surface area contributed by atoms with E-state index in [0.29, 0.717) is 37.7 Å². The summed E-state index contributed by atoms with van der Waals surface area (Å²) in [6.45, 7) is 9.47. The lowest BCUT2D eigenvalue weighted by atomic mass is 9.96. The van der Waals surface area contributed by atoms with E-state index >= 15 is 0 Å². The van der Waals surface area contributed by atoms with E-state index in [9.17, 15) is 9.59 Å². The minimum absolute atomic E-state index is 0.0544. The fourth-order valence-corrected chi connectivity index (χ4v) is 4.54. The third kappa shape index (κ3) is 5.46. The number of ether oxygens (including phenoxy) is 1. The number of hydrogen-bond acceptors (Lipinski definition) is 6.